The molecule has 3 N–H and O–H groups in total. The molecule has 0 aromatic carbocycles. The Morgan fingerprint density at radius 2 is 2.35 bits per heavy atom. The van der Waals surface area contributed by atoms with Gasteiger partial charge in [-0.05, 0) is 6.92 Å². The number of nitrogens with two attached hydrogens (primary N) is 1. The van der Waals surface area contributed by atoms with E-state index in [0.29, 0.717) is 36.3 Å². The number of nitrogens with one attached hydrogen (secondary N) is 1. The lowest BCUT2D eigenvalue weighted by Gasteiger charge is -2.09. The molecule has 0 saturated carbocycles. The SMILES string of the molecule is CCOc1ncnc(NCc2ccno2)c1N. The number of ether oxygens (including phenoxy) is 1. The fraction of sp³-hybridized carbons (Fsp3) is 0.300. The molecule has 0 radical (unpaired) electrons. The molecule has 0 spiro atoms. The van der Waals surface area contributed by atoms with E-state index in [0.717, 1.165) is 0 Å². The second-order valence-corrected chi connectivity index (χ2v) is 3.21. The zero-order valence-corrected chi connectivity index (χ0v) is 9.38. The highest BCUT2D eigenvalue weighted by Crippen LogP contribution is 2.24. The third kappa shape index (κ3) is 2.63. The van der Waals surface area contributed by atoms with Gasteiger partial charge in [0.15, 0.2) is 11.6 Å². The van der Waals surface area contributed by atoms with Gasteiger partial charge >= 0.3 is 0 Å². The maximum absolute atomic E-state index is 5.85. The van der Waals surface area contributed by atoms with E-state index in [1.807, 2.05) is 6.92 Å². The highest BCUT2D eigenvalue weighted by Gasteiger charge is 2.08. The molecule has 0 atom stereocenters. The first-order valence-electron chi connectivity index (χ1n) is 5.18. The van der Waals surface area contributed by atoms with Crippen LogP contribution in [-0.2, 0) is 6.54 Å². The van der Waals surface area contributed by atoms with Crippen LogP contribution in [-0.4, -0.2) is 21.7 Å². The van der Waals surface area contributed by atoms with Crippen LogP contribution in [0.15, 0.2) is 23.1 Å². The van der Waals surface area contributed by atoms with Crippen molar-refractivity contribution in [3.63, 3.8) is 0 Å². The number of rotatable bonds is 5. The summed E-state index contributed by atoms with van der Waals surface area (Å²) in [6.45, 7) is 2.82. The van der Waals surface area contributed by atoms with E-state index in [1.54, 1.807) is 12.3 Å². The van der Waals surface area contributed by atoms with Crippen LogP contribution in [0.1, 0.15) is 12.7 Å². The lowest BCUT2D eigenvalue weighted by atomic mass is 10.4. The molecule has 0 aliphatic rings. The number of aromatic nitrogens is 3. The topological polar surface area (TPSA) is 99.1 Å². The third-order valence-corrected chi connectivity index (χ3v) is 2.05. The van der Waals surface area contributed by atoms with Gasteiger partial charge in [-0.3, -0.25) is 0 Å². The lowest BCUT2D eigenvalue weighted by Crippen LogP contribution is -2.07. The van der Waals surface area contributed by atoms with Crippen molar-refractivity contribution in [2.24, 2.45) is 0 Å². The summed E-state index contributed by atoms with van der Waals surface area (Å²) in [7, 11) is 0. The summed E-state index contributed by atoms with van der Waals surface area (Å²) < 4.78 is 10.2. The molecule has 2 aromatic rings. The maximum atomic E-state index is 5.85. The molecule has 0 aliphatic carbocycles. The van der Waals surface area contributed by atoms with Crippen molar-refractivity contribution < 1.29 is 9.26 Å². The highest BCUT2D eigenvalue weighted by molar-refractivity contribution is 5.66. The van der Waals surface area contributed by atoms with Crippen molar-refractivity contribution in [2.75, 3.05) is 17.7 Å². The highest BCUT2D eigenvalue weighted by atomic mass is 16.5. The first-order chi connectivity index (χ1) is 8.31. The zero-order valence-electron chi connectivity index (χ0n) is 9.38. The Balaban J connectivity index is 2.07. The molecule has 2 aromatic heterocycles. The Labute approximate surface area is 98.0 Å². The molecule has 0 saturated heterocycles. The lowest BCUT2D eigenvalue weighted by molar-refractivity contribution is 0.328. The Morgan fingerprint density at radius 3 is 3.06 bits per heavy atom. The van der Waals surface area contributed by atoms with Crippen molar-refractivity contribution in [1.29, 1.82) is 0 Å². The quantitative estimate of drug-likeness (QED) is 0.799. The van der Waals surface area contributed by atoms with Crippen LogP contribution in [0, 0.1) is 0 Å². The van der Waals surface area contributed by atoms with Crippen LogP contribution in [0.25, 0.3) is 0 Å². The smallest absolute Gasteiger partial charge is 0.242 e. The van der Waals surface area contributed by atoms with Gasteiger partial charge in [0.1, 0.15) is 12.0 Å². The molecule has 2 heterocycles. The minimum Gasteiger partial charge on any atom is -0.476 e. The van der Waals surface area contributed by atoms with Gasteiger partial charge in [0.2, 0.25) is 5.88 Å². The Morgan fingerprint density at radius 1 is 1.47 bits per heavy atom. The number of anilines is 2. The van der Waals surface area contributed by atoms with E-state index in [2.05, 4.69) is 20.4 Å². The predicted octanol–water partition coefficient (Wildman–Crippen LogP) is 1.06. The molecule has 0 fully saturated rings. The summed E-state index contributed by atoms with van der Waals surface area (Å²) in [6.07, 6.45) is 2.97. The zero-order chi connectivity index (χ0) is 12.1. The molecule has 7 heteroatoms. The summed E-state index contributed by atoms with van der Waals surface area (Å²) in [5.74, 6) is 1.59. The minimum atomic E-state index is 0.377. The molecule has 0 unspecified atom stereocenters. The monoisotopic (exact) mass is 235 g/mol. The summed E-state index contributed by atoms with van der Waals surface area (Å²) in [6, 6.07) is 1.76. The van der Waals surface area contributed by atoms with Gasteiger partial charge in [-0.2, -0.15) is 4.98 Å². The number of nitrogen functional groups attached to an aromatic ring is 1. The van der Waals surface area contributed by atoms with Gasteiger partial charge in [-0.1, -0.05) is 5.16 Å². The molecule has 0 aliphatic heterocycles. The second-order valence-electron chi connectivity index (χ2n) is 3.21. The fourth-order valence-electron chi connectivity index (χ4n) is 1.28. The van der Waals surface area contributed by atoms with Crippen molar-refractivity contribution in [2.45, 2.75) is 13.5 Å². The Hall–Kier alpha value is -2.31. The summed E-state index contributed by atoms with van der Waals surface area (Å²) >= 11 is 0. The maximum Gasteiger partial charge on any atom is 0.242 e. The average molecular weight is 235 g/mol. The van der Waals surface area contributed by atoms with Crippen LogP contribution >= 0.6 is 0 Å². The van der Waals surface area contributed by atoms with E-state index < -0.39 is 0 Å². The molecule has 0 bridgehead atoms. The van der Waals surface area contributed by atoms with Crippen LogP contribution in [0.4, 0.5) is 11.5 Å². The molecule has 2 rings (SSSR count). The largest absolute Gasteiger partial charge is 0.476 e. The normalized spacial score (nSPS) is 10.2. The van der Waals surface area contributed by atoms with Gasteiger partial charge in [0, 0.05) is 6.07 Å². The number of nitrogens with zero attached hydrogens (tertiary/aromatic N) is 3. The minimum absolute atomic E-state index is 0.377. The predicted molar refractivity (Wildman–Crippen MR) is 61.4 cm³/mol. The molecule has 7 nitrogen and oxygen atoms in total. The van der Waals surface area contributed by atoms with Crippen LogP contribution in [0.5, 0.6) is 5.88 Å². The van der Waals surface area contributed by atoms with E-state index in [9.17, 15) is 0 Å². The van der Waals surface area contributed by atoms with Crippen molar-refractivity contribution in [1.82, 2.24) is 15.1 Å². The van der Waals surface area contributed by atoms with E-state index in [1.165, 1.54) is 6.33 Å². The molecule has 17 heavy (non-hydrogen) atoms. The number of hydrogen-bond donors (Lipinski definition) is 2. The third-order valence-electron chi connectivity index (χ3n) is 2.05. The van der Waals surface area contributed by atoms with Crippen LogP contribution < -0.4 is 15.8 Å². The van der Waals surface area contributed by atoms with Gasteiger partial charge in [-0.15, -0.1) is 0 Å². The van der Waals surface area contributed by atoms with Gasteiger partial charge in [-0.25, -0.2) is 4.98 Å². The van der Waals surface area contributed by atoms with E-state index in [-0.39, 0.29) is 0 Å². The standard InChI is InChI=1S/C10H13N5O2/c1-2-16-10-8(11)9(13-6-14-10)12-5-7-3-4-15-17-7/h3-4,6H,2,5,11H2,1H3,(H,12,13,14). The molecule has 90 valence electrons. The summed E-state index contributed by atoms with van der Waals surface area (Å²) in [4.78, 5) is 7.97. The molecular weight excluding hydrogens is 222 g/mol. The van der Waals surface area contributed by atoms with Crippen molar-refractivity contribution in [3.05, 3.63) is 24.4 Å². The molecular formula is C10H13N5O2. The average Bonchev–Trinajstić information content (AvgIpc) is 2.83. The number of hydrogen-bond acceptors (Lipinski definition) is 7. The Bertz CT molecular complexity index is 472. The van der Waals surface area contributed by atoms with Gasteiger partial charge < -0.3 is 20.3 Å². The Kier molecular flexibility index (Phi) is 3.39. The molecule has 0 amide bonds. The van der Waals surface area contributed by atoms with Crippen LogP contribution in [0.3, 0.4) is 0 Å². The second kappa shape index (κ2) is 5.15. The van der Waals surface area contributed by atoms with E-state index in [4.69, 9.17) is 15.0 Å². The fourth-order valence-corrected chi connectivity index (χ4v) is 1.28. The summed E-state index contributed by atoms with van der Waals surface area (Å²) in [5, 5.41) is 6.62. The van der Waals surface area contributed by atoms with Gasteiger partial charge in [0.05, 0.1) is 19.3 Å². The van der Waals surface area contributed by atoms with Crippen molar-refractivity contribution >= 4 is 11.5 Å². The van der Waals surface area contributed by atoms with Crippen LogP contribution in [0.2, 0.25) is 0 Å². The van der Waals surface area contributed by atoms with E-state index >= 15 is 0 Å². The first kappa shape index (κ1) is 11.2. The van der Waals surface area contributed by atoms with Crippen molar-refractivity contribution in [3.8, 4) is 5.88 Å². The summed E-state index contributed by atoms with van der Waals surface area (Å²) in [5.41, 5.74) is 6.23. The van der Waals surface area contributed by atoms with Gasteiger partial charge in [0.25, 0.3) is 0 Å². The first-order valence-corrected chi connectivity index (χ1v) is 5.18.